The molecular formula is C37H64. The smallest absolute Gasteiger partial charge is 0.0235 e. The molecule has 5 aliphatic carbocycles. The molecule has 0 aromatic heterocycles. The van der Waals surface area contributed by atoms with Gasteiger partial charge in [0.2, 0.25) is 0 Å². The van der Waals surface area contributed by atoms with Crippen LogP contribution in [0.1, 0.15) is 139 Å². The number of allylic oxidation sites excluding steroid dienone is 3. The SMILES string of the molecule is C=C(C)C[C@H]1CC[C@@]2(C)C(CC[C@]3(C)C2CCC2C4CCC[C@]4(C)CC[C@]23C)C1(C)C.C=CC.C=CC. The molecule has 5 saturated carbocycles. The Morgan fingerprint density at radius 2 is 1.32 bits per heavy atom. The molecule has 0 bridgehead atoms. The summed E-state index contributed by atoms with van der Waals surface area (Å²) in [6.07, 6.45) is 21.3. The van der Waals surface area contributed by atoms with Crippen LogP contribution < -0.4 is 0 Å². The van der Waals surface area contributed by atoms with E-state index in [0.717, 1.165) is 29.6 Å². The summed E-state index contributed by atoms with van der Waals surface area (Å²) >= 11 is 0. The second kappa shape index (κ2) is 11.0. The Hall–Kier alpha value is -0.780. The number of rotatable bonds is 2. The molecule has 0 heteroatoms. The maximum atomic E-state index is 4.30. The normalized spacial score (nSPS) is 47.2. The van der Waals surface area contributed by atoms with Crippen LogP contribution in [-0.4, -0.2) is 0 Å². The zero-order valence-corrected chi connectivity index (χ0v) is 26.6. The minimum Gasteiger partial charge on any atom is -0.103 e. The van der Waals surface area contributed by atoms with Crippen LogP contribution in [0.2, 0.25) is 0 Å². The lowest BCUT2D eigenvalue weighted by atomic mass is 9.32. The van der Waals surface area contributed by atoms with Crippen molar-refractivity contribution in [2.75, 3.05) is 0 Å². The highest BCUT2D eigenvalue weighted by Crippen LogP contribution is 2.77. The molecule has 5 aliphatic rings. The summed E-state index contributed by atoms with van der Waals surface area (Å²) < 4.78 is 0. The lowest BCUT2D eigenvalue weighted by Crippen LogP contribution is -2.65. The van der Waals surface area contributed by atoms with Crippen LogP contribution in [0.5, 0.6) is 0 Å². The zero-order valence-electron chi connectivity index (χ0n) is 26.6. The Kier molecular flexibility index (Phi) is 9.15. The average molecular weight is 509 g/mol. The van der Waals surface area contributed by atoms with E-state index in [2.05, 4.69) is 68.2 Å². The van der Waals surface area contributed by atoms with Crippen molar-refractivity contribution < 1.29 is 0 Å². The van der Waals surface area contributed by atoms with Crippen LogP contribution in [0, 0.1) is 56.7 Å². The minimum atomic E-state index is 0.460. The van der Waals surface area contributed by atoms with Crippen molar-refractivity contribution in [3.05, 3.63) is 37.5 Å². The van der Waals surface area contributed by atoms with E-state index >= 15 is 0 Å². The van der Waals surface area contributed by atoms with Crippen molar-refractivity contribution in [2.24, 2.45) is 56.7 Å². The van der Waals surface area contributed by atoms with Crippen molar-refractivity contribution in [3.63, 3.8) is 0 Å². The summed E-state index contributed by atoms with van der Waals surface area (Å²) in [5.74, 6) is 4.71. The van der Waals surface area contributed by atoms with Crippen molar-refractivity contribution in [3.8, 4) is 0 Å². The molecule has 0 aliphatic heterocycles. The maximum Gasteiger partial charge on any atom is -0.0235 e. The van der Waals surface area contributed by atoms with Gasteiger partial charge >= 0.3 is 0 Å². The van der Waals surface area contributed by atoms with Gasteiger partial charge in [-0.15, -0.1) is 19.7 Å². The molecule has 0 aromatic rings. The fourth-order valence-electron chi connectivity index (χ4n) is 11.8. The van der Waals surface area contributed by atoms with Crippen LogP contribution in [0.15, 0.2) is 37.5 Å². The lowest BCUT2D eigenvalue weighted by Gasteiger charge is -2.73. The third kappa shape index (κ3) is 4.88. The third-order valence-electron chi connectivity index (χ3n) is 13.6. The highest BCUT2D eigenvalue weighted by molar-refractivity contribution is 5.18. The monoisotopic (exact) mass is 509 g/mol. The van der Waals surface area contributed by atoms with Crippen LogP contribution in [0.4, 0.5) is 0 Å². The summed E-state index contributed by atoms with van der Waals surface area (Å²) in [5, 5.41) is 0. The molecule has 0 N–H and O–H groups in total. The van der Waals surface area contributed by atoms with Crippen LogP contribution in [0.3, 0.4) is 0 Å². The molecule has 5 rings (SSSR count). The van der Waals surface area contributed by atoms with Crippen molar-refractivity contribution in [1.29, 1.82) is 0 Å². The molecule has 0 nitrogen and oxygen atoms in total. The molecule has 37 heavy (non-hydrogen) atoms. The first-order valence-electron chi connectivity index (χ1n) is 16.0. The van der Waals surface area contributed by atoms with E-state index < -0.39 is 0 Å². The molecular weight excluding hydrogens is 444 g/mol. The van der Waals surface area contributed by atoms with Gasteiger partial charge in [-0.1, -0.05) is 65.7 Å². The van der Waals surface area contributed by atoms with Gasteiger partial charge in [0.15, 0.2) is 0 Å². The fourth-order valence-corrected chi connectivity index (χ4v) is 11.8. The number of fused-ring (bicyclic) bond motifs is 7. The Morgan fingerprint density at radius 1 is 0.703 bits per heavy atom. The van der Waals surface area contributed by atoms with Crippen molar-refractivity contribution in [1.82, 2.24) is 0 Å². The Balaban J connectivity index is 0.000000580. The molecule has 4 unspecified atom stereocenters. The zero-order chi connectivity index (χ0) is 27.9. The van der Waals surface area contributed by atoms with Gasteiger partial charge < -0.3 is 0 Å². The molecule has 9 atom stereocenters. The van der Waals surface area contributed by atoms with E-state index in [1.165, 1.54) is 82.6 Å². The minimum absolute atomic E-state index is 0.460. The van der Waals surface area contributed by atoms with Gasteiger partial charge in [-0.2, -0.15) is 0 Å². The Labute approximate surface area is 233 Å². The quantitative estimate of drug-likeness (QED) is 0.325. The first kappa shape index (κ1) is 30.8. The average Bonchev–Trinajstić information content (AvgIpc) is 3.19. The van der Waals surface area contributed by atoms with E-state index in [4.69, 9.17) is 0 Å². The first-order valence-corrected chi connectivity index (χ1v) is 16.0. The Bertz CT molecular complexity index is 825. The summed E-state index contributed by atoms with van der Waals surface area (Å²) in [6, 6.07) is 0. The molecule has 0 heterocycles. The van der Waals surface area contributed by atoms with E-state index in [-0.39, 0.29) is 0 Å². The van der Waals surface area contributed by atoms with Crippen LogP contribution >= 0.6 is 0 Å². The number of hydrogen-bond acceptors (Lipinski definition) is 0. The van der Waals surface area contributed by atoms with Crippen LogP contribution in [-0.2, 0) is 0 Å². The Morgan fingerprint density at radius 3 is 1.92 bits per heavy atom. The molecule has 0 saturated heterocycles. The standard InChI is InChI=1S/C31H52.2C3H6/c1-21(2)20-22-13-16-29(6)25(27(22,3)4)14-17-31(8)26(29)12-11-24-23-10-9-15-28(23,5)18-19-30(24,31)7;2*1-3-2/h22-26H,1,9-20H2,2-8H3;2*3H,1H2,2H3/t22-,23?,24?,25?,26?,28-,29+,30-,31-;;/m1../s1. The summed E-state index contributed by atoms with van der Waals surface area (Å²) in [6.45, 7) is 33.4. The van der Waals surface area contributed by atoms with E-state index in [1.54, 1.807) is 12.2 Å². The van der Waals surface area contributed by atoms with Gasteiger partial charge in [-0.3, -0.25) is 0 Å². The fraction of sp³-hybridized carbons (Fsp3) is 0.838. The third-order valence-corrected chi connectivity index (χ3v) is 13.6. The predicted octanol–water partition coefficient (Wildman–Crippen LogP) is 11.8. The van der Waals surface area contributed by atoms with Gasteiger partial charge in [0.25, 0.3) is 0 Å². The van der Waals surface area contributed by atoms with Crippen molar-refractivity contribution in [2.45, 2.75) is 139 Å². The van der Waals surface area contributed by atoms with Gasteiger partial charge in [0.1, 0.15) is 0 Å². The topological polar surface area (TPSA) is 0 Å². The number of hydrogen-bond donors (Lipinski definition) is 0. The molecule has 212 valence electrons. The summed E-state index contributed by atoms with van der Waals surface area (Å²) in [7, 11) is 0. The highest BCUT2D eigenvalue weighted by Gasteiger charge is 2.69. The van der Waals surface area contributed by atoms with Crippen LogP contribution in [0.25, 0.3) is 0 Å². The van der Waals surface area contributed by atoms with E-state index in [0.29, 0.717) is 27.1 Å². The summed E-state index contributed by atoms with van der Waals surface area (Å²) in [5.41, 5.74) is 4.22. The second-order valence-electron chi connectivity index (χ2n) is 15.9. The molecule has 0 aromatic carbocycles. The van der Waals surface area contributed by atoms with E-state index in [1.807, 2.05) is 13.8 Å². The molecule has 0 amide bonds. The van der Waals surface area contributed by atoms with Crippen molar-refractivity contribution >= 4 is 0 Å². The van der Waals surface area contributed by atoms with E-state index in [9.17, 15) is 0 Å². The second-order valence-corrected chi connectivity index (χ2v) is 15.9. The maximum absolute atomic E-state index is 4.30. The van der Waals surface area contributed by atoms with Gasteiger partial charge in [0.05, 0.1) is 0 Å². The van der Waals surface area contributed by atoms with Gasteiger partial charge in [-0.25, -0.2) is 0 Å². The predicted molar refractivity (Wildman–Crippen MR) is 166 cm³/mol. The van der Waals surface area contributed by atoms with Gasteiger partial charge in [-0.05, 0) is 148 Å². The molecule has 0 radical (unpaired) electrons. The first-order chi connectivity index (χ1) is 17.2. The molecule has 0 spiro atoms. The molecule has 5 fully saturated rings. The largest absolute Gasteiger partial charge is 0.103 e. The van der Waals surface area contributed by atoms with Gasteiger partial charge in [0, 0.05) is 0 Å². The summed E-state index contributed by atoms with van der Waals surface area (Å²) in [4.78, 5) is 0. The lowest BCUT2D eigenvalue weighted by molar-refractivity contribution is -0.239. The highest BCUT2D eigenvalue weighted by atomic mass is 14.7.